The van der Waals surface area contributed by atoms with E-state index < -0.39 is 5.91 Å². The van der Waals surface area contributed by atoms with E-state index in [0.29, 0.717) is 17.0 Å². The number of benzene rings is 1. The Morgan fingerprint density at radius 3 is 2.81 bits per heavy atom. The summed E-state index contributed by atoms with van der Waals surface area (Å²) >= 11 is 1.30. The lowest BCUT2D eigenvalue weighted by Crippen LogP contribution is -2.18. The maximum Gasteiger partial charge on any atom is 0.251 e. The molecule has 21 heavy (non-hydrogen) atoms. The van der Waals surface area contributed by atoms with Crippen LogP contribution in [0.3, 0.4) is 0 Å². The smallest absolute Gasteiger partial charge is 0.251 e. The molecule has 3 rings (SSSR count). The Kier molecular flexibility index (Phi) is 3.75. The van der Waals surface area contributed by atoms with Gasteiger partial charge in [0.2, 0.25) is 5.91 Å². The van der Waals surface area contributed by atoms with Crippen molar-refractivity contribution in [1.29, 1.82) is 0 Å². The average molecular weight is 300 g/mol. The van der Waals surface area contributed by atoms with Gasteiger partial charge in [-0.05, 0) is 47.4 Å². The van der Waals surface area contributed by atoms with Gasteiger partial charge in [0.1, 0.15) is 5.00 Å². The number of primary amides is 1. The second kappa shape index (κ2) is 5.69. The monoisotopic (exact) mass is 300 g/mol. The number of aryl methyl sites for hydroxylation is 2. The van der Waals surface area contributed by atoms with Crippen molar-refractivity contribution in [3.63, 3.8) is 0 Å². The predicted molar refractivity (Wildman–Crippen MR) is 83.6 cm³/mol. The highest BCUT2D eigenvalue weighted by molar-refractivity contribution is 7.14. The highest BCUT2D eigenvalue weighted by Gasteiger charge is 2.15. The zero-order valence-corrected chi connectivity index (χ0v) is 12.3. The minimum Gasteiger partial charge on any atom is -0.366 e. The van der Waals surface area contributed by atoms with E-state index in [-0.39, 0.29) is 5.91 Å². The summed E-state index contributed by atoms with van der Waals surface area (Å²) in [6.45, 7) is 0. The topological polar surface area (TPSA) is 72.2 Å². The molecule has 1 heterocycles. The summed E-state index contributed by atoms with van der Waals surface area (Å²) in [5.74, 6) is -0.651. The van der Waals surface area contributed by atoms with E-state index in [1.54, 1.807) is 11.4 Å². The fourth-order valence-electron chi connectivity index (χ4n) is 2.69. The minimum atomic E-state index is -0.524. The minimum absolute atomic E-state index is 0.127. The van der Waals surface area contributed by atoms with Gasteiger partial charge >= 0.3 is 0 Å². The second-order valence-electron chi connectivity index (χ2n) is 5.21. The van der Waals surface area contributed by atoms with Crippen LogP contribution < -0.4 is 11.1 Å². The Hall–Kier alpha value is -2.14. The molecule has 3 N–H and O–H groups in total. The van der Waals surface area contributed by atoms with Crippen molar-refractivity contribution in [3.05, 3.63) is 51.9 Å². The summed E-state index contributed by atoms with van der Waals surface area (Å²) < 4.78 is 0. The maximum atomic E-state index is 12.1. The number of hydrogen-bond acceptors (Lipinski definition) is 3. The molecule has 1 aromatic carbocycles. The van der Waals surface area contributed by atoms with E-state index in [2.05, 4.69) is 17.4 Å². The lowest BCUT2D eigenvalue weighted by Gasteiger charge is -2.06. The largest absolute Gasteiger partial charge is 0.366 e. The van der Waals surface area contributed by atoms with Crippen LogP contribution >= 0.6 is 11.3 Å². The summed E-state index contributed by atoms with van der Waals surface area (Å²) in [4.78, 5) is 23.3. The maximum absolute atomic E-state index is 12.1. The molecule has 4 nitrogen and oxygen atoms in total. The molecule has 0 saturated heterocycles. The molecule has 0 saturated carbocycles. The number of rotatable bonds is 4. The molecule has 2 amide bonds. The Bertz CT molecular complexity index is 706. The zero-order valence-electron chi connectivity index (χ0n) is 11.5. The number of hydrogen-bond donors (Lipinski definition) is 2. The molecule has 0 fully saturated rings. The molecule has 1 aliphatic rings. The van der Waals surface area contributed by atoms with Crippen molar-refractivity contribution in [1.82, 2.24) is 0 Å². The third-order valence-electron chi connectivity index (χ3n) is 3.71. The first-order chi connectivity index (χ1) is 10.1. The average Bonchev–Trinajstić information content (AvgIpc) is 3.06. The third kappa shape index (κ3) is 2.97. The quantitative estimate of drug-likeness (QED) is 0.910. The van der Waals surface area contributed by atoms with Crippen LogP contribution in [0.1, 0.15) is 33.5 Å². The number of carbonyl (C=O) groups excluding carboxylic acids is 2. The summed E-state index contributed by atoms with van der Waals surface area (Å²) in [5, 5.41) is 5.03. The van der Waals surface area contributed by atoms with Crippen LogP contribution in [-0.2, 0) is 24.1 Å². The van der Waals surface area contributed by atoms with Gasteiger partial charge in [0.05, 0.1) is 12.0 Å². The van der Waals surface area contributed by atoms with E-state index >= 15 is 0 Å². The van der Waals surface area contributed by atoms with Gasteiger partial charge in [-0.3, -0.25) is 9.59 Å². The number of carbonyl (C=O) groups is 2. The molecule has 0 unspecified atom stereocenters. The summed E-state index contributed by atoms with van der Waals surface area (Å²) in [5.41, 5.74) is 9.39. The summed E-state index contributed by atoms with van der Waals surface area (Å²) in [7, 11) is 0. The molecule has 2 aromatic rings. The molecule has 108 valence electrons. The van der Waals surface area contributed by atoms with Gasteiger partial charge in [-0.15, -0.1) is 11.3 Å². The SMILES string of the molecule is NC(=O)c1ccsc1NC(=O)Cc1ccc2c(c1)CCC2. The fourth-order valence-corrected chi connectivity index (χ4v) is 3.50. The Morgan fingerprint density at radius 2 is 2.00 bits per heavy atom. The van der Waals surface area contributed by atoms with Gasteiger partial charge in [0, 0.05) is 0 Å². The van der Waals surface area contributed by atoms with E-state index in [1.165, 1.54) is 28.9 Å². The van der Waals surface area contributed by atoms with Gasteiger partial charge in [-0.25, -0.2) is 0 Å². The lowest BCUT2D eigenvalue weighted by atomic mass is 10.0. The third-order valence-corrected chi connectivity index (χ3v) is 4.54. The molecule has 0 atom stereocenters. The van der Waals surface area contributed by atoms with Crippen LogP contribution in [0, 0.1) is 0 Å². The van der Waals surface area contributed by atoms with Crippen LogP contribution in [0.5, 0.6) is 0 Å². The normalized spacial score (nSPS) is 13.0. The highest BCUT2D eigenvalue weighted by Crippen LogP contribution is 2.25. The van der Waals surface area contributed by atoms with Gasteiger partial charge in [-0.1, -0.05) is 18.2 Å². The Balaban J connectivity index is 1.69. The van der Waals surface area contributed by atoms with Crippen molar-refractivity contribution in [2.24, 2.45) is 5.73 Å². The van der Waals surface area contributed by atoms with Crippen molar-refractivity contribution in [3.8, 4) is 0 Å². The van der Waals surface area contributed by atoms with Crippen molar-refractivity contribution < 1.29 is 9.59 Å². The van der Waals surface area contributed by atoms with Gasteiger partial charge in [0.15, 0.2) is 0 Å². The van der Waals surface area contributed by atoms with Crippen LogP contribution in [0.2, 0.25) is 0 Å². The number of thiophene rings is 1. The number of amides is 2. The molecular weight excluding hydrogens is 284 g/mol. The van der Waals surface area contributed by atoms with E-state index in [1.807, 2.05) is 6.07 Å². The van der Waals surface area contributed by atoms with Crippen LogP contribution in [0.15, 0.2) is 29.6 Å². The number of nitrogens with one attached hydrogen (secondary N) is 1. The van der Waals surface area contributed by atoms with Crippen LogP contribution in [0.25, 0.3) is 0 Å². The fraction of sp³-hybridized carbons (Fsp3) is 0.250. The number of nitrogens with two attached hydrogens (primary N) is 1. The van der Waals surface area contributed by atoms with Crippen LogP contribution in [-0.4, -0.2) is 11.8 Å². The first-order valence-corrected chi connectivity index (χ1v) is 7.79. The molecule has 0 bridgehead atoms. The predicted octanol–water partition coefficient (Wildman–Crippen LogP) is 2.52. The Labute approximate surface area is 127 Å². The molecule has 1 aliphatic carbocycles. The number of anilines is 1. The van der Waals surface area contributed by atoms with E-state index in [9.17, 15) is 9.59 Å². The van der Waals surface area contributed by atoms with Crippen LogP contribution in [0.4, 0.5) is 5.00 Å². The molecule has 0 radical (unpaired) electrons. The highest BCUT2D eigenvalue weighted by atomic mass is 32.1. The molecule has 5 heteroatoms. The van der Waals surface area contributed by atoms with Gasteiger partial charge in [0.25, 0.3) is 5.91 Å². The lowest BCUT2D eigenvalue weighted by molar-refractivity contribution is -0.115. The van der Waals surface area contributed by atoms with Gasteiger partial charge < -0.3 is 11.1 Å². The first kappa shape index (κ1) is 13.8. The first-order valence-electron chi connectivity index (χ1n) is 6.91. The molecular formula is C16H16N2O2S. The molecule has 0 aliphatic heterocycles. The Morgan fingerprint density at radius 1 is 1.19 bits per heavy atom. The van der Waals surface area contributed by atoms with E-state index in [4.69, 9.17) is 5.73 Å². The van der Waals surface area contributed by atoms with Crippen molar-refractivity contribution in [2.45, 2.75) is 25.7 Å². The van der Waals surface area contributed by atoms with E-state index in [0.717, 1.165) is 18.4 Å². The standard InChI is InChI=1S/C16H16N2O2S/c17-15(20)13-6-7-21-16(13)18-14(19)9-10-4-5-11-2-1-3-12(11)8-10/h4-8H,1-3,9H2,(H2,17,20)(H,18,19). The summed E-state index contributed by atoms with van der Waals surface area (Å²) in [6, 6.07) is 7.86. The summed E-state index contributed by atoms with van der Waals surface area (Å²) in [6.07, 6.45) is 3.74. The van der Waals surface area contributed by atoms with Crippen molar-refractivity contribution >= 4 is 28.2 Å². The number of fused-ring (bicyclic) bond motifs is 1. The van der Waals surface area contributed by atoms with Crippen molar-refractivity contribution in [2.75, 3.05) is 5.32 Å². The van der Waals surface area contributed by atoms with Gasteiger partial charge in [-0.2, -0.15) is 0 Å². The molecule has 1 aromatic heterocycles. The molecule has 0 spiro atoms. The zero-order chi connectivity index (χ0) is 14.8. The second-order valence-corrected chi connectivity index (χ2v) is 6.13.